The monoisotopic (exact) mass is 279 g/mol. The summed E-state index contributed by atoms with van der Waals surface area (Å²) in [7, 11) is 1.89. The molecule has 1 N–H and O–H groups in total. The van der Waals surface area contributed by atoms with Crippen LogP contribution in [0, 0.1) is 0 Å². The average molecular weight is 279 g/mol. The first kappa shape index (κ1) is 14.2. The Kier molecular flexibility index (Phi) is 5.07. The smallest absolute Gasteiger partial charge is 0.255 e. The fraction of sp³-hybridized carbons (Fsp3) is 0.571. The lowest BCUT2D eigenvalue weighted by molar-refractivity contribution is 0.0747. The van der Waals surface area contributed by atoms with Crippen molar-refractivity contribution in [1.29, 1.82) is 0 Å². The van der Waals surface area contributed by atoms with Crippen LogP contribution in [0.3, 0.4) is 0 Å². The molecule has 1 saturated heterocycles. The van der Waals surface area contributed by atoms with Crippen molar-refractivity contribution in [1.82, 2.24) is 9.88 Å². The molecule has 2 rings (SSSR count). The molecular formula is C14H21N3OS. The minimum Gasteiger partial charge on any atom is -0.370 e. The Morgan fingerprint density at radius 3 is 3.00 bits per heavy atom. The van der Waals surface area contributed by atoms with E-state index in [4.69, 9.17) is 0 Å². The molecule has 1 atom stereocenters. The fourth-order valence-corrected chi connectivity index (χ4v) is 3.34. The molecule has 1 aromatic rings. The van der Waals surface area contributed by atoms with E-state index < -0.39 is 0 Å². The highest BCUT2D eigenvalue weighted by atomic mass is 32.2. The molecule has 1 aliphatic heterocycles. The van der Waals surface area contributed by atoms with Crippen molar-refractivity contribution in [3.8, 4) is 0 Å². The van der Waals surface area contributed by atoms with Crippen molar-refractivity contribution in [2.45, 2.75) is 25.8 Å². The molecule has 4 nitrogen and oxygen atoms in total. The van der Waals surface area contributed by atoms with Gasteiger partial charge in [0.15, 0.2) is 0 Å². The Hall–Kier alpha value is -1.23. The predicted molar refractivity (Wildman–Crippen MR) is 80.8 cm³/mol. The SMILES string of the molecule is CCCNc1ccc(C(=O)N(C)C2CCSC2)cn1. The number of hydrogen-bond donors (Lipinski definition) is 1. The van der Waals surface area contributed by atoms with Crippen LogP contribution in [0.2, 0.25) is 0 Å². The second-order valence-electron chi connectivity index (χ2n) is 4.79. The standard InChI is InChI=1S/C14H21N3OS/c1-3-7-15-13-5-4-11(9-16-13)14(18)17(2)12-6-8-19-10-12/h4-5,9,12H,3,6-8,10H2,1-2H3,(H,15,16). The van der Waals surface area contributed by atoms with Gasteiger partial charge in [0.05, 0.1) is 5.56 Å². The van der Waals surface area contributed by atoms with Crippen LogP contribution in [0.5, 0.6) is 0 Å². The van der Waals surface area contributed by atoms with Crippen molar-refractivity contribution < 1.29 is 4.79 Å². The van der Waals surface area contributed by atoms with Gasteiger partial charge in [0, 0.05) is 31.6 Å². The van der Waals surface area contributed by atoms with Gasteiger partial charge in [0.25, 0.3) is 5.91 Å². The highest BCUT2D eigenvalue weighted by molar-refractivity contribution is 7.99. The van der Waals surface area contributed by atoms with Gasteiger partial charge in [-0.1, -0.05) is 6.92 Å². The normalized spacial score (nSPS) is 18.3. The topological polar surface area (TPSA) is 45.2 Å². The van der Waals surface area contributed by atoms with E-state index in [1.807, 2.05) is 35.8 Å². The molecule has 5 heteroatoms. The number of thioether (sulfide) groups is 1. The third-order valence-electron chi connectivity index (χ3n) is 3.34. The molecule has 1 aromatic heterocycles. The van der Waals surface area contributed by atoms with Crippen LogP contribution in [0.15, 0.2) is 18.3 Å². The molecule has 0 saturated carbocycles. The lowest BCUT2D eigenvalue weighted by Crippen LogP contribution is -2.37. The Morgan fingerprint density at radius 1 is 1.58 bits per heavy atom. The quantitative estimate of drug-likeness (QED) is 0.899. The molecule has 0 radical (unpaired) electrons. The first-order valence-corrected chi connectivity index (χ1v) is 7.92. The summed E-state index contributed by atoms with van der Waals surface area (Å²) in [4.78, 5) is 18.5. The maximum absolute atomic E-state index is 12.3. The molecule has 2 heterocycles. The van der Waals surface area contributed by atoms with Crippen LogP contribution in [-0.4, -0.2) is 46.9 Å². The van der Waals surface area contributed by atoms with E-state index >= 15 is 0 Å². The lowest BCUT2D eigenvalue weighted by Gasteiger charge is -2.23. The molecule has 0 bridgehead atoms. The fourth-order valence-electron chi connectivity index (χ4n) is 2.07. The zero-order valence-electron chi connectivity index (χ0n) is 11.6. The van der Waals surface area contributed by atoms with Gasteiger partial charge < -0.3 is 10.2 Å². The highest BCUT2D eigenvalue weighted by Crippen LogP contribution is 2.22. The number of hydrogen-bond acceptors (Lipinski definition) is 4. The number of carbonyl (C=O) groups is 1. The summed E-state index contributed by atoms with van der Waals surface area (Å²) in [6, 6.07) is 4.10. The van der Waals surface area contributed by atoms with Crippen LogP contribution in [0.4, 0.5) is 5.82 Å². The summed E-state index contributed by atoms with van der Waals surface area (Å²) in [6.45, 7) is 3.01. The first-order valence-electron chi connectivity index (χ1n) is 6.77. The van der Waals surface area contributed by atoms with E-state index in [0.29, 0.717) is 11.6 Å². The van der Waals surface area contributed by atoms with E-state index in [1.165, 1.54) is 0 Å². The number of nitrogens with one attached hydrogen (secondary N) is 1. The van der Waals surface area contributed by atoms with E-state index in [-0.39, 0.29) is 5.91 Å². The highest BCUT2D eigenvalue weighted by Gasteiger charge is 2.24. The maximum atomic E-state index is 12.3. The van der Waals surface area contributed by atoms with Crippen molar-refractivity contribution >= 4 is 23.5 Å². The van der Waals surface area contributed by atoms with Gasteiger partial charge in [0.1, 0.15) is 5.82 Å². The van der Waals surface area contributed by atoms with Gasteiger partial charge in [-0.2, -0.15) is 11.8 Å². The molecular weight excluding hydrogens is 258 g/mol. The first-order chi connectivity index (χ1) is 9.22. The number of rotatable bonds is 5. The van der Waals surface area contributed by atoms with Crippen molar-refractivity contribution in [3.05, 3.63) is 23.9 Å². The summed E-state index contributed by atoms with van der Waals surface area (Å²) >= 11 is 1.92. The second-order valence-corrected chi connectivity index (χ2v) is 5.94. The van der Waals surface area contributed by atoms with Crippen molar-refractivity contribution in [2.75, 3.05) is 30.4 Å². The lowest BCUT2D eigenvalue weighted by atomic mass is 10.2. The largest absolute Gasteiger partial charge is 0.370 e. The Balaban J connectivity index is 1.98. The Morgan fingerprint density at radius 2 is 2.42 bits per heavy atom. The molecule has 0 aliphatic carbocycles. The summed E-state index contributed by atoms with van der Waals surface area (Å²) < 4.78 is 0. The maximum Gasteiger partial charge on any atom is 0.255 e. The van der Waals surface area contributed by atoms with Gasteiger partial charge in [0.2, 0.25) is 0 Å². The summed E-state index contributed by atoms with van der Waals surface area (Å²) in [6.07, 6.45) is 3.82. The van der Waals surface area contributed by atoms with Crippen LogP contribution in [0.25, 0.3) is 0 Å². The minimum atomic E-state index is 0.0713. The van der Waals surface area contributed by atoms with Crippen LogP contribution >= 0.6 is 11.8 Å². The molecule has 1 fully saturated rings. The Labute approximate surface area is 119 Å². The van der Waals surface area contributed by atoms with E-state index in [9.17, 15) is 4.79 Å². The van der Waals surface area contributed by atoms with Crippen LogP contribution < -0.4 is 5.32 Å². The molecule has 104 valence electrons. The number of nitrogens with zero attached hydrogens (tertiary/aromatic N) is 2. The van der Waals surface area contributed by atoms with Crippen LogP contribution in [-0.2, 0) is 0 Å². The summed E-state index contributed by atoms with van der Waals surface area (Å²) in [5, 5.41) is 3.21. The molecule has 1 aliphatic rings. The number of pyridine rings is 1. The third-order valence-corrected chi connectivity index (χ3v) is 4.49. The van der Waals surface area contributed by atoms with E-state index in [1.54, 1.807) is 6.20 Å². The summed E-state index contributed by atoms with van der Waals surface area (Å²) in [5.74, 6) is 3.10. The zero-order valence-corrected chi connectivity index (χ0v) is 12.4. The average Bonchev–Trinajstić information content (AvgIpc) is 2.98. The number of carbonyl (C=O) groups excluding carboxylic acids is 1. The zero-order chi connectivity index (χ0) is 13.7. The molecule has 1 amide bonds. The Bertz CT molecular complexity index is 415. The summed E-state index contributed by atoms with van der Waals surface area (Å²) in [5.41, 5.74) is 0.668. The molecule has 0 aromatic carbocycles. The van der Waals surface area contributed by atoms with Gasteiger partial charge in [-0.05, 0) is 30.7 Å². The van der Waals surface area contributed by atoms with Crippen molar-refractivity contribution in [3.63, 3.8) is 0 Å². The molecule has 19 heavy (non-hydrogen) atoms. The van der Waals surface area contributed by atoms with Gasteiger partial charge in [-0.3, -0.25) is 4.79 Å². The minimum absolute atomic E-state index is 0.0713. The molecule has 0 spiro atoms. The van der Waals surface area contributed by atoms with Gasteiger partial charge >= 0.3 is 0 Å². The van der Waals surface area contributed by atoms with E-state index in [0.717, 1.165) is 36.7 Å². The molecule has 1 unspecified atom stereocenters. The van der Waals surface area contributed by atoms with Crippen LogP contribution in [0.1, 0.15) is 30.1 Å². The number of anilines is 1. The van der Waals surface area contributed by atoms with Crippen molar-refractivity contribution in [2.24, 2.45) is 0 Å². The second kappa shape index (κ2) is 6.80. The van der Waals surface area contributed by atoms with Gasteiger partial charge in [-0.15, -0.1) is 0 Å². The van der Waals surface area contributed by atoms with Gasteiger partial charge in [-0.25, -0.2) is 4.98 Å². The predicted octanol–water partition coefficient (Wildman–Crippen LogP) is 2.48. The van der Waals surface area contributed by atoms with E-state index in [2.05, 4.69) is 17.2 Å². The number of amides is 1. The third kappa shape index (κ3) is 3.62. The number of aromatic nitrogens is 1.